The van der Waals surface area contributed by atoms with Gasteiger partial charge in [0, 0.05) is 12.4 Å². The summed E-state index contributed by atoms with van der Waals surface area (Å²) >= 11 is 0. The van der Waals surface area contributed by atoms with Gasteiger partial charge in [0.05, 0.1) is 16.9 Å². The number of carbonyl (C=O) groups excluding carboxylic acids is 1. The molecule has 0 radical (unpaired) electrons. The largest absolute Gasteiger partial charge is 0.417 e. The van der Waals surface area contributed by atoms with E-state index in [1.165, 1.54) is 0 Å². The van der Waals surface area contributed by atoms with E-state index >= 15 is 0 Å². The number of rotatable bonds is 5. The summed E-state index contributed by atoms with van der Waals surface area (Å²) in [7, 11) is -3.98. The maximum absolute atomic E-state index is 12.6. The second kappa shape index (κ2) is 7.00. The van der Waals surface area contributed by atoms with Crippen LogP contribution in [0.15, 0.2) is 48.8 Å². The molecule has 0 aliphatic rings. The zero-order valence-corrected chi connectivity index (χ0v) is 13.1. The summed E-state index contributed by atoms with van der Waals surface area (Å²) in [6.07, 6.45) is -3.07. The minimum Gasteiger partial charge on any atom is -0.268 e. The van der Waals surface area contributed by atoms with E-state index in [0.29, 0.717) is 12.3 Å². The number of aromatic nitrogens is 1. The highest BCUT2D eigenvalue weighted by Gasteiger charge is 2.31. The standard InChI is InChI=1S/C15H13F3N2O3S/c16-15(17,18)13-8-12(9-19-10-13)14(21)20-24(22,23)7-6-11-4-2-1-3-5-11/h1-5,8-10H,6-7H2,(H,20,21). The van der Waals surface area contributed by atoms with Crippen LogP contribution in [0.2, 0.25) is 0 Å². The third-order valence-corrected chi connectivity index (χ3v) is 4.32. The number of amides is 1. The maximum Gasteiger partial charge on any atom is 0.417 e. The molecule has 1 amide bonds. The van der Waals surface area contributed by atoms with Crippen molar-refractivity contribution in [2.45, 2.75) is 12.6 Å². The van der Waals surface area contributed by atoms with E-state index in [4.69, 9.17) is 0 Å². The Labute approximate surface area is 136 Å². The van der Waals surface area contributed by atoms with Crippen molar-refractivity contribution in [1.29, 1.82) is 0 Å². The lowest BCUT2D eigenvalue weighted by atomic mass is 10.2. The molecule has 0 unspecified atom stereocenters. The molecule has 0 spiro atoms. The highest BCUT2D eigenvalue weighted by Crippen LogP contribution is 2.28. The molecule has 5 nitrogen and oxygen atoms in total. The Morgan fingerprint density at radius 2 is 1.79 bits per heavy atom. The van der Waals surface area contributed by atoms with Crippen LogP contribution in [0.25, 0.3) is 0 Å². The third kappa shape index (κ3) is 5.05. The van der Waals surface area contributed by atoms with Crippen LogP contribution in [0.5, 0.6) is 0 Å². The van der Waals surface area contributed by atoms with Gasteiger partial charge in [0.1, 0.15) is 0 Å². The molecule has 0 saturated carbocycles. The van der Waals surface area contributed by atoms with Crippen molar-refractivity contribution in [2.75, 3.05) is 5.75 Å². The molecule has 128 valence electrons. The summed E-state index contributed by atoms with van der Waals surface area (Å²) in [6, 6.07) is 9.28. The molecule has 0 atom stereocenters. The van der Waals surface area contributed by atoms with Crippen molar-refractivity contribution >= 4 is 15.9 Å². The summed E-state index contributed by atoms with van der Waals surface area (Å²) in [4.78, 5) is 15.2. The molecule has 0 fully saturated rings. The summed E-state index contributed by atoms with van der Waals surface area (Å²) in [6.45, 7) is 0. The van der Waals surface area contributed by atoms with E-state index < -0.39 is 33.2 Å². The summed E-state index contributed by atoms with van der Waals surface area (Å²) in [5.74, 6) is -1.52. The number of hydrogen-bond acceptors (Lipinski definition) is 4. The van der Waals surface area contributed by atoms with E-state index in [1.807, 2.05) is 0 Å². The Bertz CT molecular complexity index is 821. The number of sulfonamides is 1. The van der Waals surface area contributed by atoms with E-state index in [9.17, 15) is 26.4 Å². The number of nitrogens with one attached hydrogen (secondary N) is 1. The normalized spacial score (nSPS) is 12.0. The van der Waals surface area contributed by atoms with E-state index in [1.54, 1.807) is 35.1 Å². The molecule has 2 aromatic rings. The van der Waals surface area contributed by atoms with Crippen LogP contribution in [0.3, 0.4) is 0 Å². The van der Waals surface area contributed by atoms with Gasteiger partial charge in [-0.05, 0) is 18.1 Å². The molecule has 1 aromatic carbocycles. The van der Waals surface area contributed by atoms with Gasteiger partial charge < -0.3 is 0 Å². The van der Waals surface area contributed by atoms with Crippen LogP contribution in [0, 0.1) is 0 Å². The van der Waals surface area contributed by atoms with Gasteiger partial charge in [-0.3, -0.25) is 9.78 Å². The monoisotopic (exact) mass is 358 g/mol. The van der Waals surface area contributed by atoms with Gasteiger partial charge in [-0.25, -0.2) is 13.1 Å². The topological polar surface area (TPSA) is 76.1 Å². The molecular formula is C15H13F3N2O3S. The number of nitrogens with zero attached hydrogens (tertiary/aromatic N) is 1. The van der Waals surface area contributed by atoms with E-state index in [2.05, 4.69) is 4.98 Å². The minimum atomic E-state index is -4.67. The SMILES string of the molecule is O=C(NS(=O)(=O)CCc1ccccc1)c1cncc(C(F)(F)F)c1. The molecule has 9 heteroatoms. The fraction of sp³-hybridized carbons (Fsp3) is 0.200. The lowest BCUT2D eigenvalue weighted by molar-refractivity contribution is -0.137. The van der Waals surface area contributed by atoms with Gasteiger partial charge in [0.25, 0.3) is 5.91 Å². The second-order valence-electron chi connectivity index (χ2n) is 4.95. The summed E-state index contributed by atoms with van der Waals surface area (Å²) in [5.41, 5.74) is -0.846. The van der Waals surface area contributed by atoms with E-state index in [-0.39, 0.29) is 12.2 Å². The average molecular weight is 358 g/mol. The zero-order chi connectivity index (χ0) is 17.8. The fourth-order valence-corrected chi connectivity index (χ4v) is 2.87. The predicted molar refractivity (Wildman–Crippen MR) is 80.6 cm³/mol. The lowest BCUT2D eigenvalue weighted by Crippen LogP contribution is -2.33. The van der Waals surface area contributed by atoms with Crippen LogP contribution < -0.4 is 4.72 Å². The molecule has 24 heavy (non-hydrogen) atoms. The molecule has 1 aromatic heterocycles. The third-order valence-electron chi connectivity index (χ3n) is 3.08. The Morgan fingerprint density at radius 3 is 2.42 bits per heavy atom. The molecule has 1 N–H and O–H groups in total. The molecule has 1 heterocycles. The second-order valence-corrected chi connectivity index (χ2v) is 6.79. The quantitative estimate of drug-likeness (QED) is 0.891. The highest BCUT2D eigenvalue weighted by atomic mass is 32.2. The van der Waals surface area contributed by atoms with E-state index in [0.717, 1.165) is 11.8 Å². The van der Waals surface area contributed by atoms with Crippen molar-refractivity contribution < 1.29 is 26.4 Å². The van der Waals surface area contributed by atoms with Crippen molar-refractivity contribution in [3.8, 4) is 0 Å². The number of halogens is 3. The lowest BCUT2D eigenvalue weighted by Gasteiger charge is -2.09. The number of carbonyl (C=O) groups is 1. The summed E-state index contributed by atoms with van der Waals surface area (Å²) in [5, 5.41) is 0. The van der Waals surface area contributed by atoms with Gasteiger partial charge in [0.15, 0.2) is 0 Å². The van der Waals surface area contributed by atoms with Gasteiger partial charge in [-0.2, -0.15) is 13.2 Å². The van der Waals surface area contributed by atoms with Crippen molar-refractivity contribution in [2.24, 2.45) is 0 Å². The highest BCUT2D eigenvalue weighted by molar-refractivity contribution is 7.90. The van der Waals surface area contributed by atoms with Gasteiger partial charge >= 0.3 is 6.18 Å². The first-order valence-corrected chi connectivity index (χ1v) is 8.43. The molecule has 0 aliphatic heterocycles. The van der Waals surface area contributed by atoms with Gasteiger partial charge in [-0.1, -0.05) is 30.3 Å². The Hall–Kier alpha value is -2.42. The van der Waals surface area contributed by atoms with Crippen molar-refractivity contribution in [3.05, 3.63) is 65.5 Å². The Kier molecular flexibility index (Phi) is 5.23. The minimum absolute atomic E-state index is 0.171. The molecule has 0 aliphatic carbocycles. The van der Waals surface area contributed by atoms with Crippen molar-refractivity contribution in [3.63, 3.8) is 0 Å². The number of pyridine rings is 1. The zero-order valence-electron chi connectivity index (χ0n) is 12.2. The summed E-state index contributed by atoms with van der Waals surface area (Å²) < 4.78 is 63.3. The fourth-order valence-electron chi connectivity index (χ4n) is 1.87. The van der Waals surface area contributed by atoms with Crippen LogP contribution in [-0.2, 0) is 22.6 Å². The Morgan fingerprint density at radius 1 is 1.12 bits per heavy atom. The van der Waals surface area contributed by atoms with Crippen molar-refractivity contribution in [1.82, 2.24) is 9.71 Å². The molecule has 0 bridgehead atoms. The maximum atomic E-state index is 12.6. The van der Waals surface area contributed by atoms with Crippen LogP contribution >= 0.6 is 0 Å². The average Bonchev–Trinajstić information content (AvgIpc) is 2.53. The molecular weight excluding hydrogens is 345 g/mol. The smallest absolute Gasteiger partial charge is 0.268 e. The first-order valence-electron chi connectivity index (χ1n) is 6.78. The molecule has 2 rings (SSSR count). The number of benzene rings is 1. The van der Waals surface area contributed by atoms with Gasteiger partial charge in [-0.15, -0.1) is 0 Å². The number of alkyl halides is 3. The van der Waals surface area contributed by atoms with Crippen LogP contribution in [-0.4, -0.2) is 25.1 Å². The first kappa shape index (κ1) is 17.9. The molecule has 0 saturated heterocycles. The first-order chi connectivity index (χ1) is 11.2. The van der Waals surface area contributed by atoms with Crippen LogP contribution in [0.4, 0.5) is 13.2 Å². The number of hydrogen-bond donors (Lipinski definition) is 1. The van der Waals surface area contributed by atoms with Gasteiger partial charge in [0.2, 0.25) is 10.0 Å². The number of aryl methyl sites for hydroxylation is 1. The van der Waals surface area contributed by atoms with Crippen LogP contribution in [0.1, 0.15) is 21.5 Å². The Balaban J connectivity index is 2.05. The predicted octanol–water partition coefficient (Wildman–Crippen LogP) is 2.40.